The Balaban J connectivity index is 1.47. The van der Waals surface area contributed by atoms with Crippen molar-refractivity contribution in [3.63, 3.8) is 0 Å². The van der Waals surface area contributed by atoms with Crippen LogP contribution in [0.2, 0.25) is 0 Å². The minimum Gasteiger partial charge on any atom is -0.379 e. The van der Waals surface area contributed by atoms with E-state index in [4.69, 9.17) is 9.47 Å². The summed E-state index contributed by atoms with van der Waals surface area (Å²) in [6.45, 7) is 5.46. The van der Waals surface area contributed by atoms with Crippen molar-refractivity contribution in [3.05, 3.63) is 0 Å². The van der Waals surface area contributed by atoms with Crippen LogP contribution in [0.1, 0.15) is 32.1 Å². The number of nitrogens with zero attached hydrogens (tertiary/aromatic N) is 2. The molecule has 2 fully saturated rings. The summed E-state index contributed by atoms with van der Waals surface area (Å²) in [7, 11) is 4.02. The molecule has 22 heavy (non-hydrogen) atoms. The molecule has 0 aromatic heterocycles. The molecule has 128 valence electrons. The number of hydrogen-bond acceptors (Lipinski definition) is 4. The van der Waals surface area contributed by atoms with Crippen LogP contribution in [0.25, 0.3) is 0 Å². The number of likely N-dealkylation sites (N-methyl/N-ethyl adjacent to an activating group) is 1. The molecule has 0 amide bonds. The van der Waals surface area contributed by atoms with Crippen LogP contribution in [-0.2, 0) is 9.47 Å². The van der Waals surface area contributed by atoms with E-state index >= 15 is 0 Å². The maximum atomic E-state index is 5.66. The quantitative estimate of drug-likeness (QED) is 0.395. The molecule has 6 nitrogen and oxygen atoms in total. The third-order valence-electron chi connectivity index (χ3n) is 4.49. The van der Waals surface area contributed by atoms with Crippen molar-refractivity contribution in [1.82, 2.24) is 15.5 Å². The van der Waals surface area contributed by atoms with Gasteiger partial charge in [0.15, 0.2) is 5.96 Å². The molecule has 0 aromatic carbocycles. The molecule has 0 bridgehead atoms. The summed E-state index contributed by atoms with van der Waals surface area (Å²) in [6, 6.07) is 0.633. The zero-order valence-electron chi connectivity index (χ0n) is 14.1. The highest BCUT2D eigenvalue weighted by Gasteiger charge is 2.20. The Bertz CT molecular complexity index is 332. The molecule has 6 heteroatoms. The van der Waals surface area contributed by atoms with Gasteiger partial charge in [0.25, 0.3) is 0 Å². The first-order valence-corrected chi connectivity index (χ1v) is 8.63. The zero-order valence-corrected chi connectivity index (χ0v) is 14.1. The fraction of sp³-hybridized carbons (Fsp3) is 0.938. The summed E-state index contributed by atoms with van der Waals surface area (Å²) in [6.07, 6.45) is 6.20. The molecule has 0 aliphatic carbocycles. The van der Waals surface area contributed by atoms with E-state index in [-0.39, 0.29) is 0 Å². The summed E-state index contributed by atoms with van der Waals surface area (Å²) in [4.78, 5) is 6.69. The van der Waals surface area contributed by atoms with E-state index in [9.17, 15) is 0 Å². The van der Waals surface area contributed by atoms with Gasteiger partial charge in [-0.05, 0) is 45.7 Å². The fourth-order valence-corrected chi connectivity index (χ4v) is 3.04. The standard InChI is InChI=1S/C16H32N4O2/c1-17-16(19-12-14-6-3-9-20(14)2)18-8-5-10-21-13-15-7-4-11-22-15/h14-15H,3-13H2,1-2H3,(H2,17,18,19). The molecule has 2 rings (SSSR count). The molecule has 2 heterocycles. The summed E-state index contributed by atoms with van der Waals surface area (Å²) in [5, 5.41) is 6.76. The van der Waals surface area contributed by atoms with Crippen LogP contribution >= 0.6 is 0 Å². The van der Waals surface area contributed by atoms with Crippen LogP contribution in [0.15, 0.2) is 4.99 Å². The van der Waals surface area contributed by atoms with E-state index < -0.39 is 0 Å². The first-order valence-electron chi connectivity index (χ1n) is 8.63. The van der Waals surface area contributed by atoms with Crippen molar-refractivity contribution in [3.8, 4) is 0 Å². The van der Waals surface area contributed by atoms with Gasteiger partial charge >= 0.3 is 0 Å². The third-order valence-corrected chi connectivity index (χ3v) is 4.49. The lowest BCUT2D eigenvalue weighted by atomic mass is 10.2. The van der Waals surface area contributed by atoms with E-state index in [1.807, 2.05) is 7.05 Å². The molecule has 2 unspecified atom stereocenters. The van der Waals surface area contributed by atoms with Gasteiger partial charge in [0, 0.05) is 39.4 Å². The second-order valence-electron chi connectivity index (χ2n) is 6.22. The SMILES string of the molecule is CN=C(NCCCOCC1CCCO1)NCC1CCCN1C. The molecule has 2 atom stereocenters. The molecule has 2 aliphatic rings. The van der Waals surface area contributed by atoms with Gasteiger partial charge in [-0.1, -0.05) is 0 Å². The fourth-order valence-electron chi connectivity index (χ4n) is 3.04. The van der Waals surface area contributed by atoms with Gasteiger partial charge in [0.2, 0.25) is 0 Å². The predicted octanol–water partition coefficient (Wildman–Crippen LogP) is 0.831. The maximum Gasteiger partial charge on any atom is 0.191 e. The highest BCUT2D eigenvalue weighted by atomic mass is 16.5. The number of aliphatic imine (C=N–C) groups is 1. The van der Waals surface area contributed by atoms with Gasteiger partial charge < -0.3 is 25.0 Å². The first kappa shape index (κ1) is 17.5. The lowest BCUT2D eigenvalue weighted by Gasteiger charge is -2.21. The van der Waals surface area contributed by atoms with Crippen LogP contribution in [0.3, 0.4) is 0 Å². The maximum absolute atomic E-state index is 5.66. The largest absolute Gasteiger partial charge is 0.379 e. The van der Waals surface area contributed by atoms with Gasteiger partial charge in [-0.25, -0.2) is 0 Å². The van der Waals surface area contributed by atoms with Crippen LogP contribution in [0, 0.1) is 0 Å². The van der Waals surface area contributed by atoms with Crippen LogP contribution < -0.4 is 10.6 Å². The van der Waals surface area contributed by atoms with Gasteiger partial charge in [-0.3, -0.25) is 4.99 Å². The van der Waals surface area contributed by atoms with Crippen molar-refractivity contribution in [2.45, 2.75) is 44.2 Å². The van der Waals surface area contributed by atoms with Crippen LogP contribution in [0.4, 0.5) is 0 Å². The van der Waals surface area contributed by atoms with Crippen molar-refractivity contribution in [2.75, 3.05) is 53.6 Å². The van der Waals surface area contributed by atoms with Gasteiger partial charge in [0.05, 0.1) is 12.7 Å². The Kier molecular flexibility index (Phi) is 7.98. The van der Waals surface area contributed by atoms with Crippen molar-refractivity contribution in [2.24, 2.45) is 4.99 Å². The topological polar surface area (TPSA) is 58.1 Å². The highest BCUT2D eigenvalue weighted by molar-refractivity contribution is 5.79. The summed E-state index contributed by atoms with van der Waals surface area (Å²) >= 11 is 0. The van der Waals surface area contributed by atoms with Crippen molar-refractivity contribution < 1.29 is 9.47 Å². The Morgan fingerprint density at radius 1 is 1.32 bits per heavy atom. The summed E-state index contributed by atoms with van der Waals surface area (Å²) in [5.74, 6) is 0.888. The average molecular weight is 312 g/mol. The number of hydrogen-bond donors (Lipinski definition) is 2. The monoisotopic (exact) mass is 312 g/mol. The number of ether oxygens (including phenoxy) is 2. The molecule has 0 radical (unpaired) electrons. The number of likely N-dealkylation sites (tertiary alicyclic amines) is 1. The van der Waals surface area contributed by atoms with Crippen molar-refractivity contribution >= 4 is 5.96 Å². The lowest BCUT2D eigenvalue weighted by molar-refractivity contribution is 0.0168. The van der Waals surface area contributed by atoms with E-state index in [2.05, 4.69) is 27.6 Å². The molecular weight excluding hydrogens is 280 g/mol. The highest BCUT2D eigenvalue weighted by Crippen LogP contribution is 2.13. The summed E-state index contributed by atoms with van der Waals surface area (Å²) in [5.41, 5.74) is 0. The predicted molar refractivity (Wildman–Crippen MR) is 89.4 cm³/mol. The molecule has 2 N–H and O–H groups in total. The number of nitrogens with one attached hydrogen (secondary N) is 2. The minimum atomic E-state index is 0.325. The smallest absolute Gasteiger partial charge is 0.191 e. The molecule has 2 saturated heterocycles. The second-order valence-corrected chi connectivity index (χ2v) is 6.22. The average Bonchev–Trinajstić information content (AvgIpc) is 3.17. The molecule has 0 aromatic rings. The number of rotatable bonds is 8. The summed E-state index contributed by atoms with van der Waals surface area (Å²) < 4.78 is 11.2. The van der Waals surface area contributed by atoms with E-state index in [0.717, 1.165) is 51.7 Å². The Labute approximate surface area is 134 Å². The minimum absolute atomic E-state index is 0.325. The third kappa shape index (κ3) is 6.10. The second kappa shape index (κ2) is 10.0. The van der Waals surface area contributed by atoms with Crippen LogP contribution in [-0.4, -0.2) is 76.6 Å². The lowest BCUT2D eigenvalue weighted by Crippen LogP contribution is -2.44. The Morgan fingerprint density at radius 3 is 2.91 bits per heavy atom. The van der Waals surface area contributed by atoms with E-state index in [1.54, 1.807) is 0 Å². The number of guanidine groups is 1. The van der Waals surface area contributed by atoms with Crippen molar-refractivity contribution in [1.29, 1.82) is 0 Å². The Morgan fingerprint density at radius 2 is 2.23 bits per heavy atom. The molecule has 2 aliphatic heterocycles. The zero-order chi connectivity index (χ0) is 15.6. The van der Waals surface area contributed by atoms with E-state index in [0.29, 0.717) is 12.1 Å². The molecule has 0 spiro atoms. The first-order chi connectivity index (χ1) is 10.8. The Hall–Kier alpha value is -0.850. The van der Waals surface area contributed by atoms with Crippen LogP contribution in [0.5, 0.6) is 0 Å². The molecule has 0 saturated carbocycles. The van der Waals surface area contributed by atoms with Gasteiger partial charge in [-0.15, -0.1) is 0 Å². The van der Waals surface area contributed by atoms with Gasteiger partial charge in [0.1, 0.15) is 0 Å². The van der Waals surface area contributed by atoms with E-state index in [1.165, 1.54) is 25.8 Å². The normalized spacial score (nSPS) is 26.5. The van der Waals surface area contributed by atoms with Gasteiger partial charge in [-0.2, -0.15) is 0 Å². The molecular formula is C16H32N4O2.